The lowest BCUT2D eigenvalue weighted by Gasteiger charge is -2.19. The number of benzene rings is 1. The molecule has 1 saturated heterocycles. The zero-order valence-electron chi connectivity index (χ0n) is 15.5. The van der Waals surface area contributed by atoms with Crippen molar-refractivity contribution in [3.05, 3.63) is 48.5 Å². The molecule has 5 atom stereocenters. The van der Waals surface area contributed by atoms with Crippen molar-refractivity contribution >= 4 is 31.1 Å². The number of carbonyl (C=O) groups is 1. The fourth-order valence-corrected chi connectivity index (χ4v) is 3.87. The highest BCUT2D eigenvalue weighted by Crippen LogP contribution is 2.36. The monoisotopic (exact) mass is 434 g/mol. The zero-order chi connectivity index (χ0) is 21.3. The molecule has 0 aliphatic carbocycles. The van der Waals surface area contributed by atoms with Gasteiger partial charge >= 0.3 is 8.25 Å². The Bertz CT molecular complexity index is 1080. The number of imidazole rings is 1. The Hall–Kier alpha value is -2.73. The Kier molecular flexibility index (Phi) is 5.86. The van der Waals surface area contributed by atoms with Gasteiger partial charge in [-0.25, -0.2) is 15.0 Å². The number of nitrogens with two attached hydrogens (primary N) is 1. The predicted molar refractivity (Wildman–Crippen MR) is 105 cm³/mol. The normalized spacial score (nSPS) is 24.8. The quantitative estimate of drug-likeness (QED) is 0.388. The van der Waals surface area contributed by atoms with Crippen molar-refractivity contribution < 1.29 is 28.6 Å². The van der Waals surface area contributed by atoms with Gasteiger partial charge < -0.3 is 30.3 Å². The number of aliphatic hydroxyl groups excluding tert-OH is 1. The molecule has 158 valence electrons. The van der Waals surface area contributed by atoms with Crippen LogP contribution in [-0.4, -0.2) is 60.3 Å². The summed E-state index contributed by atoms with van der Waals surface area (Å²) in [6.45, 7) is -0.454. The minimum absolute atomic E-state index is 0.200. The summed E-state index contributed by atoms with van der Waals surface area (Å²) in [5, 5.41) is 12.2. The van der Waals surface area contributed by atoms with Crippen LogP contribution in [0.3, 0.4) is 0 Å². The molecular weight excluding hydrogens is 415 g/mol. The van der Waals surface area contributed by atoms with Crippen molar-refractivity contribution in [1.82, 2.24) is 19.5 Å². The third kappa shape index (κ3) is 3.84. The van der Waals surface area contributed by atoms with Crippen molar-refractivity contribution in [1.29, 1.82) is 0 Å². The van der Waals surface area contributed by atoms with Crippen molar-refractivity contribution in [2.45, 2.75) is 24.5 Å². The standard InChI is InChI=1S/C17H19N6O6P/c18-11-13(29-30(26)27)10(6-24)28-17(11)23-8-21-12-14(19-7-20-15(12)23)22-16(25)9-4-2-1-3-5-9/h1-5,7-8,10-11,13,17,24,30H,6,18H2,(H,26,27)(H,19,20,22,25)/t10-,11-,13-,17-/m1/s1. The molecule has 4 rings (SSSR count). The molecule has 3 heterocycles. The second-order valence-corrected chi connectivity index (χ2v) is 7.31. The van der Waals surface area contributed by atoms with Gasteiger partial charge in [0.05, 0.1) is 19.0 Å². The fraction of sp³-hybridized carbons (Fsp3) is 0.294. The van der Waals surface area contributed by atoms with E-state index in [0.29, 0.717) is 16.7 Å². The number of nitrogens with one attached hydrogen (secondary N) is 1. The van der Waals surface area contributed by atoms with E-state index in [4.69, 9.17) is 19.9 Å². The van der Waals surface area contributed by atoms with Crippen molar-refractivity contribution in [2.24, 2.45) is 5.73 Å². The first kappa shape index (κ1) is 20.5. The Balaban J connectivity index is 1.63. The van der Waals surface area contributed by atoms with Gasteiger partial charge in [0.25, 0.3) is 5.91 Å². The molecule has 1 aliphatic rings. The van der Waals surface area contributed by atoms with Crippen LogP contribution >= 0.6 is 8.25 Å². The fourth-order valence-electron chi connectivity index (χ4n) is 3.33. The van der Waals surface area contributed by atoms with E-state index in [9.17, 15) is 14.5 Å². The molecule has 0 radical (unpaired) electrons. The molecule has 5 N–H and O–H groups in total. The summed E-state index contributed by atoms with van der Waals surface area (Å²) in [7, 11) is -3.29. The summed E-state index contributed by atoms with van der Waals surface area (Å²) in [4.78, 5) is 34.1. The Morgan fingerprint density at radius 1 is 1.30 bits per heavy atom. The summed E-state index contributed by atoms with van der Waals surface area (Å²) >= 11 is 0. The molecule has 2 aromatic heterocycles. The van der Waals surface area contributed by atoms with E-state index in [-0.39, 0.29) is 11.7 Å². The first-order chi connectivity index (χ1) is 14.5. The summed E-state index contributed by atoms with van der Waals surface area (Å²) < 4.78 is 23.3. The van der Waals surface area contributed by atoms with E-state index in [1.165, 1.54) is 17.2 Å². The van der Waals surface area contributed by atoms with Crippen molar-refractivity contribution in [3.63, 3.8) is 0 Å². The van der Waals surface area contributed by atoms with Crippen molar-refractivity contribution in [2.75, 3.05) is 11.9 Å². The number of hydrogen-bond acceptors (Lipinski definition) is 9. The van der Waals surface area contributed by atoms with E-state index >= 15 is 0 Å². The predicted octanol–water partition coefficient (Wildman–Crippen LogP) is 0.0628. The second-order valence-electron chi connectivity index (χ2n) is 6.54. The Labute approximate surface area is 170 Å². The van der Waals surface area contributed by atoms with E-state index in [1.54, 1.807) is 30.3 Å². The van der Waals surface area contributed by atoms with Gasteiger partial charge in [-0.05, 0) is 12.1 Å². The first-order valence-corrected chi connectivity index (χ1v) is 10.2. The lowest BCUT2D eigenvalue weighted by molar-refractivity contribution is -0.0402. The smallest absolute Gasteiger partial charge is 0.316 e. The topological polar surface area (TPSA) is 175 Å². The van der Waals surface area contributed by atoms with Crippen LogP contribution in [0.25, 0.3) is 11.2 Å². The van der Waals surface area contributed by atoms with Crippen LogP contribution in [0.2, 0.25) is 0 Å². The van der Waals surface area contributed by atoms with Gasteiger partial charge in [0.1, 0.15) is 18.5 Å². The molecule has 13 heteroatoms. The average Bonchev–Trinajstić information content (AvgIpc) is 3.30. The highest BCUT2D eigenvalue weighted by atomic mass is 31.1. The number of amides is 1. The maximum Gasteiger partial charge on any atom is 0.316 e. The van der Waals surface area contributed by atoms with Crippen LogP contribution in [0.4, 0.5) is 5.82 Å². The number of carbonyl (C=O) groups excluding carboxylic acids is 1. The van der Waals surface area contributed by atoms with E-state index in [2.05, 4.69) is 20.3 Å². The molecule has 0 spiro atoms. The molecule has 0 bridgehead atoms. The second kappa shape index (κ2) is 8.56. The van der Waals surface area contributed by atoms with E-state index in [0.717, 1.165) is 0 Å². The lowest BCUT2D eigenvalue weighted by atomic mass is 10.1. The van der Waals surface area contributed by atoms with E-state index in [1.807, 2.05) is 0 Å². The van der Waals surface area contributed by atoms with Gasteiger partial charge in [-0.1, -0.05) is 18.2 Å². The van der Waals surface area contributed by atoms with Crippen LogP contribution in [0.5, 0.6) is 0 Å². The SMILES string of the molecule is N[C@@H]1[C@H](O[PH](=O)O)[C@@H](CO)O[C@H]1n1cnc2c(NC(=O)c3ccccc3)ncnc21. The number of aromatic nitrogens is 4. The Morgan fingerprint density at radius 2 is 2.07 bits per heavy atom. The van der Waals surface area contributed by atoms with Gasteiger partial charge in [-0.15, -0.1) is 0 Å². The molecule has 1 aromatic carbocycles. The third-order valence-electron chi connectivity index (χ3n) is 4.71. The number of fused-ring (bicyclic) bond motifs is 1. The summed E-state index contributed by atoms with van der Waals surface area (Å²) in [5.41, 5.74) is 7.24. The number of rotatable bonds is 6. The Morgan fingerprint density at radius 3 is 2.77 bits per heavy atom. The third-order valence-corrected chi connectivity index (χ3v) is 5.18. The van der Waals surface area contributed by atoms with Gasteiger partial charge in [-0.2, -0.15) is 0 Å². The number of nitrogens with zero attached hydrogens (tertiary/aromatic N) is 4. The van der Waals surface area contributed by atoms with Crippen LogP contribution in [-0.2, 0) is 13.8 Å². The molecule has 12 nitrogen and oxygen atoms in total. The van der Waals surface area contributed by atoms with Crippen LogP contribution in [0.1, 0.15) is 16.6 Å². The summed E-state index contributed by atoms with van der Waals surface area (Å²) in [6, 6.07) is 7.75. The molecule has 3 aromatic rings. The highest BCUT2D eigenvalue weighted by Gasteiger charge is 2.45. The largest absolute Gasteiger partial charge is 0.394 e. The zero-order valence-corrected chi connectivity index (χ0v) is 16.5. The van der Waals surface area contributed by atoms with Gasteiger partial charge in [0.15, 0.2) is 23.2 Å². The minimum Gasteiger partial charge on any atom is -0.394 e. The number of ether oxygens (including phenoxy) is 1. The van der Waals surface area contributed by atoms with Gasteiger partial charge in [-0.3, -0.25) is 13.9 Å². The average molecular weight is 434 g/mol. The molecule has 0 saturated carbocycles. The summed E-state index contributed by atoms with van der Waals surface area (Å²) in [6.07, 6.45) is -0.103. The molecule has 1 unspecified atom stereocenters. The van der Waals surface area contributed by atoms with Crippen LogP contribution in [0, 0.1) is 0 Å². The first-order valence-electron chi connectivity index (χ1n) is 8.95. The summed E-state index contributed by atoms with van der Waals surface area (Å²) in [5.74, 6) is -0.160. The molecular formula is C17H19N6O6P. The molecule has 1 amide bonds. The van der Waals surface area contributed by atoms with Crippen LogP contribution in [0.15, 0.2) is 43.0 Å². The maximum absolute atomic E-state index is 12.5. The van der Waals surface area contributed by atoms with Crippen molar-refractivity contribution in [3.8, 4) is 0 Å². The highest BCUT2D eigenvalue weighted by molar-refractivity contribution is 7.32. The lowest BCUT2D eigenvalue weighted by Crippen LogP contribution is -2.40. The van der Waals surface area contributed by atoms with E-state index < -0.39 is 39.3 Å². The number of aliphatic hydroxyl groups is 1. The van der Waals surface area contributed by atoms with Gasteiger partial charge in [0, 0.05) is 5.56 Å². The number of hydrogen-bond donors (Lipinski definition) is 4. The van der Waals surface area contributed by atoms with Gasteiger partial charge in [0.2, 0.25) is 0 Å². The molecule has 1 fully saturated rings. The number of anilines is 1. The molecule has 1 aliphatic heterocycles. The maximum atomic E-state index is 12.5. The molecule has 30 heavy (non-hydrogen) atoms. The van der Waals surface area contributed by atoms with Crippen LogP contribution < -0.4 is 11.1 Å². The minimum atomic E-state index is -3.29.